The van der Waals surface area contributed by atoms with Crippen LogP contribution in [0.25, 0.3) is 11.0 Å². The van der Waals surface area contributed by atoms with Crippen LogP contribution in [-0.4, -0.2) is 43.3 Å². The number of furan rings is 1. The van der Waals surface area contributed by atoms with Gasteiger partial charge in [-0.2, -0.15) is 0 Å². The number of aryl methyl sites for hydroxylation is 1. The third-order valence-corrected chi connectivity index (χ3v) is 6.45. The molecule has 1 aromatic carbocycles. The van der Waals surface area contributed by atoms with Crippen molar-refractivity contribution >= 4 is 38.3 Å². The second-order valence-corrected chi connectivity index (χ2v) is 8.92. The SMILES string of the molecule is CCCN(C(=O)c1oc2ccc(Cl)cc2c1C)C1CCS(=O)(=O)C1. The van der Waals surface area contributed by atoms with Crippen molar-refractivity contribution in [2.24, 2.45) is 0 Å². The van der Waals surface area contributed by atoms with Gasteiger partial charge in [-0.05, 0) is 38.0 Å². The van der Waals surface area contributed by atoms with Crippen molar-refractivity contribution < 1.29 is 17.6 Å². The van der Waals surface area contributed by atoms with Gasteiger partial charge in [-0.1, -0.05) is 18.5 Å². The van der Waals surface area contributed by atoms with Gasteiger partial charge in [-0.3, -0.25) is 4.79 Å². The molecule has 1 unspecified atom stereocenters. The van der Waals surface area contributed by atoms with Crippen molar-refractivity contribution in [1.29, 1.82) is 0 Å². The van der Waals surface area contributed by atoms with E-state index in [1.807, 2.05) is 13.8 Å². The van der Waals surface area contributed by atoms with Crippen LogP contribution in [0.2, 0.25) is 5.02 Å². The van der Waals surface area contributed by atoms with E-state index in [9.17, 15) is 13.2 Å². The van der Waals surface area contributed by atoms with E-state index in [1.54, 1.807) is 23.1 Å². The molecule has 0 saturated carbocycles. The average Bonchev–Trinajstić information content (AvgIpc) is 3.04. The van der Waals surface area contributed by atoms with Crippen LogP contribution >= 0.6 is 11.6 Å². The molecule has 7 heteroatoms. The Hall–Kier alpha value is -1.53. The number of carbonyl (C=O) groups is 1. The van der Waals surface area contributed by atoms with Gasteiger partial charge in [0.1, 0.15) is 5.58 Å². The Labute approximate surface area is 146 Å². The fourth-order valence-corrected chi connectivity index (χ4v) is 5.14. The molecule has 1 fully saturated rings. The Kier molecular flexibility index (Phi) is 4.62. The zero-order valence-electron chi connectivity index (χ0n) is 13.7. The molecule has 5 nitrogen and oxygen atoms in total. The van der Waals surface area contributed by atoms with Gasteiger partial charge < -0.3 is 9.32 Å². The first-order valence-electron chi connectivity index (χ1n) is 8.02. The summed E-state index contributed by atoms with van der Waals surface area (Å²) in [7, 11) is -3.06. The molecule has 1 aliphatic heterocycles. The fraction of sp³-hybridized carbons (Fsp3) is 0.471. The summed E-state index contributed by atoms with van der Waals surface area (Å²) in [6.45, 7) is 4.30. The summed E-state index contributed by atoms with van der Waals surface area (Å²) in [6.07, 6.45) is 1.24. The molecular weight excluding hydrogens is 350 g/mol. The van der Waals surface area contributed by atoms with Crippen LogP contribution in [0.15, 0.2) is 22.6 Å². The average molecular weight is 370 g/mol. The molecule has 0 aliphatic carbocycles. The van der Waals surface area contributed by atoms with E-state index in [0.29, 0.717) is 23.6 Å². The fourth-order valence-electron chi connectivity index (χ4n) is 3.24. The number of fused-ring (bicyclic) bond motifs is 1. The molecule has 2 aromatic rings. The summed E-state index contributed by atoms with van der Waals surface area (Å²) in [5.41, 5.74) is 1.34. The highest BCUT2D eigenvalue weighted by molar-refractivity contribution is 7.91. The maximum absolute atomic E-state index is 13.0. The molecule has 0 N–H and O–H groups in total. The van der Waals surface area contributed by atoms with Gasteiger partial charge in [0.25, 0.3) is 5.91 Å². The van der Waals surface area contributed by atoms with Crippen molar-refractivity contribution in [3.8, 4) is 0 Å². The number of amides is 1. The summed E-state index contributed by atoms with van der Waals surface area (Å²) < 4.78 is 29.3. The normalized spacial score (nSPS) is 19.7. The van der Waals surface area contributed by atoms with E-state index >= 15 is 0 Å². The van der Waals surface area contributed by atoms with Gasteiger partial charge in [0.2, 0.25) is 0 Å². The maximum atomic E-state index is 13.0. The largest absolute Gasteiger partial charge is 0.451 e. The van der Waals surface area contributed by atoms with Crippen LogP contribution in [0.1, 0.15) is 35.9 Å². The number of hydrogen-bond acceptors (Lipinski definition) is 4. The van der Waals surface area contributed by atoms with Crippen LogP contribution in [0.3, 0.4) is 0 Å². The molecule has 24 heavy (non-hydrogen) atoms. The van der Waals surface area contributed by atoms with Gasteiger partial charge in [0.05, 0.1) is 11.5 Å². The van der Waals surface area contributed by atoms with Gasteiger partial charge >= 0.3 is 0 Å². The van der Waals surface area contributed by atoms with Crippen LogP contribution in [-0.2, 0) is 9.84 Å². The second kappa shape index (κ2) is 6.41. The first-order valence-corrected chi connectivity index (χ1v) is 10.2. The lowest BCUT2D eigenvalue weighted by atomic mass is 10.1. The molecule has 0 bridgehead atoms. The van der Waals surface area contributed by atoms with Crippen LogP contribution in [0.4, 0.5) is 0 Å². The van der Waals surface area contributed by atoms with Crippen molar-refractivity contribution in [3.63, 3.8) is 0 Å². The summed E-state index contributed by atoms with van der Waals surface area (Å²) in [4.78, 5) is 14.7. The molecule has 1 aromatic heterocycles. The number of rotatable bonds is 4. The van der Waals surface area contributed by atoms with Gasteiger partial charge in [-0.25, -0.2) is 8.42 Å². The molecule has 1 aliphatic rings. The quantitative estimate of drug-likeness (QED) is 0.827. The number of hydrogen-bond donors (Lipinski definition) is 0. The van der Waals surface area contributed by atoms with Crippen LogP contribution in [0, 0.1) is 6.92 Å². The summed E-state index contributed by atoms with van der Waals surface area (Å²) in [5, 5.41) is 1.39. The molecular formula is C17H20ClNO4S. The number of sulfone groups is 1. The summed E-state index contributed by atoms with van der Waals surface area (Å²) >= 11 is 6.02. The lowest BCUT2D eigenvalue weighted by Gasteiger charge is -2.27. The Bertz CT molecular complexity index is 887. The number of halogens is 1. The summed E-state index contributed by atoms with van der Waals surface area (Å²) in [6, 6.07) is 4.95. The van der Waals surface area contributed by atoms with E-state index in [2.05, 4.69) is 0 Å². The highest BCUT2D eigenvalue weighted by atomic mass is 35.5. The molecule has 1 saturated heterocycles. The Morgan fingerprint density at radius 1 is 1.42 bits per heavy atom. The molecule has 1 amide bonds. The first-order chi connectivity index (χ1) is 11.3. The van der Waals surface area contributed by atoms with E-state index in [0.717, 1.165) is 17.4 Å². The molecule has 0 radical (unpaired) electrons. The summed E-state index contributed by atoms with van der Waals surface area (Å²) in [5.74, 6) is 0.192. The molecule has 130 valence electrons. The number of carbonyl (C=O) groups excluding carboxylic acids is 1. The standard InChI is InChI=1S/C17H20ClNO4S/c1-3-7-19(13-6-8-24(21,22)10-13)17(20)16-11(2)14-9-12(18)4-5-15(14)23-16/h4-5,9,13H,3,6-8,10H2,1-2H3. The Morgan fingerprint density at radius 2 is 2.17 bits per heavy atom. The minimum atomic E-state index is -3.06. The van der Waals surface area contributed by atoms with E-state index in [1.165, 1.54) is 0 Å². The lowest BCUT2D eigenvalue weighted by molar-refractivity contribution is 0.0666. The molecule has 3 rings (SSSR count). The zero-order chi connectivity index (χ0) is 17.5. The van der Waals surface area contributed by atoms with Crippen molar-refractivity contribution in [2.75, 3.05) is 18.1 Å². The first kappa shape index (κ1) is 17.3. The van der Waals surface area contributed by atoms with Crippen molar-refractivity contribution in [1.82, 2.24) is 4.90 Å². The topological polar surface area (TPSA) is 67.6 Å². The zero-order valence-corrected chi connectivity index (χ0v) is 15.3. The predicted octanol–water partition coefficient (Wildman–Crippen LogP) is 3.43. The van der Waals surface area contributed by atoms with Gasteiger partial charge in [-0.15, -0.1) is 0 Å². The lowest BCUT2D eigenvalue weighted by Crippen LogP contribution is -2.41. The van der Waals surface area contributed by atoms with Crippen LogP contribution < -0.4 is 0 Å². The third-order valence-electron chi connectivity index (χ3n) is 4.47. The molecule has 2 heterocycles. The minimum Gasteiger partial charge on any atom is -0.451 e. The van der Waals surface area contributed by atoms with Crippen molar-refractivity contribution in [3.05, 3.63) is 34.5 Å². The van der Waals surface area contributed by atoms with E-state index in [4.69, 9.17) is 16.0 Å². The van der Waals surface area contributed by atoms with Crippen LogP contribution in [0.5, 0.6) is 0 Å². The number of benzene rings is 1. The molecule has 0 spiro atoms. The maximum Gasteiger partial charge on any atom is 0.290 e. The third kappa shape index (κ3) is 3.17. The van der Waals surface area contributed by atoms with E-state index < -0.39 is 9.84 Å². The van der Waals surface area contributed by atoms with E-state index in [-0.39, 0.29) is 29.2 Å². The number of nitrogens with zero attached hydrogens (tertiary/aromatic N) is 1. The second-order valence-electron chi connectivity index (χ2n) is 6.25. The highest BCUT2D eigenvalue weighted by Gasteiger charge is 2.36. The highest BCUT2D eigenvalue weighted by Crippen LogP contribution is 2.30. The van der Waals surface area contributed by atoms with Gasteiger partial charge in [0.15, 0.2) is 15.6 Å². The van der Waals surface area contributed by atoms with Gasteiger partial charge in [0, 0.05) is 28.6 Å². The predicted molar refractivity (Wildman–Crippen MR) is 94.3 cm³/mol. The Morgan fingerprint density at radius 3 is 2.79 bits per heavy atom. The van der Waals surface area contributed by atoms with Crippen molar-refractivity contribution in [2.45, 2.75) is 32.7 Å². The smallest absolute Gasteiger partial charge is 0.290 e. The minimum absolute atomic E-state index is 0.0316. The molecule has 1 atom stereocenters. The Balaban J connectivity index is 1.97. The monoisotopic (exact) mass is 369 g/mol.